The molecule has 0 saturated carbocycles. The molecule has 8 heteroatoms. The molecule has 1 N–H and O–H groups in total. The van der Waals surface area contributed by atoms with Crippen LogP contribution < -0.4 is 5.32 Å². The zero-order valence-corrected chi connectivity index (χ0v) is 14.1. The predicted octanol–water partition coefficient (Wildman–Crippen LogP) is 1.92. The van der Waals surface area contributed by atoms with Gasteiger partial charge in [-0.2, -0.15) is 0 Å². The molecule has 0 aliphatic rings. The molecule has 7 nitrogen and oxygen atoms in total. The van der Waals surface area contributed by atoms with Crippen molar-refractivity contribution in [3.05, 3.63) is 47.0 Å². The maximum Gasteiger partial charge on any atom is 0.358 e. The number of ether oxygens (including phenoxy) is 1. The van der Waals surface area contributed by atoms with E-state index in [-0.39, 0.29) is 24.1 Å². The molecule has 1 heterocycles. The van der Waals surface area contributed by atoms with E-state index in [1.807, 2.05) is 30.3 Å². The fourth-order valence-electron chi connectivity index (χ4n) is 1.83. The van der Waals surface area contributed by atoms with Crippen LogP contribution in [0, 0.1) is 0 Å². The van der Waals surface area contributed by atoms with E-state index in [1.165, 1.54) is 17.2 Å². The molecule has 0 aliphatic carbocycles. The fourth-order valence-corrected chi connectivity index (χ4v) is 2.56. The van der Waals surface area contributed by atoms with Gasteiger partial charge in [0.15, 0.2) is 17.4 Å². The highest BCUT2D eigenvalue weighted by molar-refractivity contribution is 7.14. The van der Waals surface area contributed by atoms with Gasteiger partial charge in [-0.15, -0.1) is 11.3 Å². The number of aromatic nitrogens is 1. The Kier molecular flexibility index (Phi) is 6.02. The first-order chi connectivity index (χ1) is 11.5. The molecule has 0 aliphatic heterocycles. The number of amides is 2. The molecule has 1 aromatic heterocycles. The molecule has 0 atom stereocenters. The monoisotopic (exact) mass is 347 g/mol. The predicted molar refractivity (Wildman–Crippen MR) is 89.6 cm³/mol. The Morgan fingerprint density at radius 2 is 1.96 bits per heavy atom. The summed E-state index contributed by atoms with van der Waals surface area (Å²) in [5.41, 5.74) is 1.04. The summed E-state index contributed by atoms with van der Waals surface area (Å²) in [6, 6.07) is 9.50. The number of nitrogens with zero attached hydrogens (tertiary/aromatic N) is 2. The zero-order chi connectivity index (χ0) is 17.5. The first-order valence-corrected chi connectivity index (χ1v) is 8.02. The molecule has 2 rings (SSSR count). The quantitative estimate of drug-likeness (QED) is 0.807. The number of likely N-dealkylation sites (N-methyl/N-ethyl adjacent to an activating group) is 1. The second kappa shape index (κ2) is 8.21. The third kappa shape index (κ3) is 5.17. The van der Waals surface area contributed by atoms with Gasteiger partial charge in [0.05, 0.1) is 0 Å². The molecular weight excluding hydrogens is 330 g/mol. The summed E-state index contributed by atoms with van der Waals surface area (Å²) in [4.78, 5) is 40.2. The first-order valence-electron chi connectivity index (χ1n) is 7.14. The summed E-state index contributed by atoms with van der Waals surface area (Å²) in [7, 11) is 1.64. The molecule has 0 saturated heterocycles. The SMILES string of the molecule is CC(=O)Nc1nc(C(=O)OCC(=O)N(C)Cc2ccccc2)cs1. The summed E-state index contributed by atoms with van der Waals surface area (Å²) < 4.78 is 4.97. The maximum absolute atomic E-state index is 12.0. The number of carbonyl (C=O) groups excluding carboxylic acids is 3. The van der Waals surface area contributed by atoms with E-state index in [0.717, 1.165) is 16.9 Å². The molecule has 0 bridgehead atoms. The highest BCUT2D eigenvalue weighted by Gasteiger charge is 2.16. The minimum absolute atomic E-state index is 0.0577. The maximum atomic E-state index is 12.0. The highest BCUT2D eigenvalue weighted by Crippen LogP contribution is 2.16. The van der Waals surface area contributed by atoms with E-state index >= 15 is 0 Å². The van der Waals surface area contributed by atoms with Crippen LogP contribution in [0.4, 0.5) is 5.13 Å². The molecule has 2 amide bonds. The number of rotatable bonds is 6. The number of carbonyl (C=O) groups is 3. The van der Waals surface area contributed by atoms with Gasteiger partial charge in [-0.25, -0.2) is 9.78 Å². The Morgan fingerprint density at radius 3 is 2.62 bits per heavy atom. The van der Waals surface area contributed by atoms with Crippen molar-refractivity contribution in [2.45, 2.75) is 13.5 Å². The largest absolute Gasteiger partial charge is 0.451 e. The molecular formula is C16H17N3O4S. The van der Waals surface area contributed by atoms with Gasteiger partial charge in [-0.1, -0.05) is 30.3 Å². The zero-order valence-electron chi connectivity index (χ0n) is 13.3. The molecule has 126 valence electrons. The Bertz CT molecular complexity index is 730. The number of hydrogen-bond donors (Lipinski definition) is 1. The van der Waals surface area contributed by atoms with Crippen molar-refractivity contribution < 1.29 is 19.1 Å². The summed E-state index contributed by atoms with van der Waals surface area (Å²) >= 11 is 1.11. The van der Waals surface area contributed by atoms with Gasteiger partial charge < -0.3 is 15.0 Å². The van der Waals surface area contributed by atoms with E-state index in [4.69, 9.17) is 4.74 Å². The van der Waals surface area contributed by atoms with Gasteiger partial charge in [-0.05, 0) is 5.56 Å². The minimum Gasteiger partial charge on any atom is -0.451 e. The lowest BCUT2D eigenvalue weighted by atomic mass is 10.2. The third-order valence-electron chi connectivity index (χ3n) is 3.01. The van der Waals surface area contributed by atoms with Gasteiger partial charge in [-0.3, -0.25) is 9.59 Å². The van der Waals surface area contributed by atoms with Crippen molar-refractivity contribution in [1.29, 1.82) is 0 Å². The molecule has 0 fully saturated rings. The van der Waals surface area contributed by atoms with Crippen molar-refractivity contribution in [2.75, 3.05) is 19.0 Å². The lowest BCUT2D eigenvalue weighted by molar-refractivity contribution is -0.133. The molecule has 0 spiro atoms. The molecule has 1 aromatic carbocycles. The normalized spacial score (nSPS) is 10.1. The van der Waals surface area contributed by atoms with Crippen LogP contribution in [0.15, 0.2) is 35.7 Å². The van der Waals surface area contributed by atoms with E-state index in [9.17, 15) is 14.4 Å². The molecule has 0 unspecified atom stereocenters. The fraction of sp³-hybridized carbons (Fsp3) is 0.250. The standard InChI is InChI=1S/C16H17N3O4S/c1-11(20)17-16-18-13(10-24-16)15(22)23-9-14(21)19(2)8-12-6-4-3-5-7-12/h3-7,10H,8-9H2,1-2H3,(H,17,18,20). The number of hydrogen-bond acceptors (Lipinski definition) is 6. The van der Waals surface area contributed by atoms with Crippen molar-refractivity contribution in [1.82, 2.24) is 9.88 Å². The average molecular weight is 347 g/mol. The molecule has 0 radical (unpaired) electrons. The van der Waals surface area contributed by atoms with Crippen molar-refractivity contribution in [3.8, 4) is 0 Å². The average Bonchev–Trinajstić information content (AvgIpc) is 3.01. The van der Waals surface area contributed by atoms with Crippen LogP contribution >= 0.6 is 11.3 Å². The number of thiazole rings is 1. The van der Waals surface area contributed by atoms with Crippen LogP contribution in [-0.4, -0.2) is 41.3 Å². The Labute approximate surface area is 143 Å². The molecule has 24 heavy (non-hydrogen) atoms. The number of esters is 1. The third-order valence-corrected chi connectivity index (χ3v) is 3.77. The van der Waals surface area contributed by atoms with Crippen LogP contribution in [0.1, 0.15) is 23.0 Å². The van der Waals surface area contributed by atoms with Crippen LogP contribution in [-0.2, 0) is 20.9 Å². The smallest absolute Gasteiger partial charge is 0.358 e. The lowest BCUT2D eigenvalue weighted by Gasteiger charge is -2.16. The number of benzene rings is 1. The van der Waals surface area contributed by atoms with E-state index in [0.29, 0.717) is 11.7 Å². The van der Waals surface area contributed by atoms with E-state index < -0.39 is 5.97 Å². The Hall–Kier alpha value is -2.74. The van der Waals surface area contributed by atoms with Crippen LogP contribution in [0.2, 0.25) is 0 Å². The van der Waals surface area contributed by atoms with Crippen LogP contribution in [0.25, 0.3) is 0 Å². The molecule has 2 aromatic rings. The first kappa shape index (κ1) is 17.6. The van der Waals surface area contributed by atoms with Gasteiger partial charge in [0, 0.05) is 25.9 Å². The van der Waals surface area contributed by atoms with Crippen molar-refractivity contribution >= 4 is 34.3 Å². The van der Waals surface area contributed by atoms with E-state index in [1.54, 1.807) is 7.05 Å². The topological polar surface area (TPSA) is 88.6 Å². The number of anilines is 1. The van der Waals surface area contributed by atoms with Crippen LogP contribution in [0.5, 0.6) is 0 Å². The van der Waals surface area contributed by atoms with Gasteiger partial charge in [0.2, 0.25) is 5.91 Å². The van der Waals surface area contributed by atoms with Gasteiger partial charge in [0.1, 0.15) is 0 Å². The van der Waals surface area contributed by atoms with Gasteiger partial charge in [0.25, 0.3) is 5.91 Å². The summed E-state index contributed by atoms with van der Waals surface area (Å²) in [5.74, 6) is -1.30. The second-order valence-corrected chi connectivity index (χ2v) is 5.89. The minimum atomic E-state index is -0.704. The second-order valence-electron chi connectivity index (χ2n) is 5.03. The van der Waals surface area contributed by atoms with E-state index in [2.05, 4.69) is 10.3 Å². The summed E-state index contributed by atoms with van der Waals surface area (Å²) in [6.45, 7) is 1.41. The highest BCUT2D eigenvalue weighted by atomic mass is 32.1. The Morgan fingerprint density at radius 1 is 1.25 bits per heavy atom. The van der Waals surface area contributed by atoms with Crippen molar-refractivity contribution in [3.63, 3.8) is 0 Å². The van der Waals surface area contributed by atoms with Gasteiger partial charge >= 0.3 is 5.97 Å². The Balaban J connectivity index is 1.83. The van der Waals surface area contributed by atoms with Crippen molar-refractivity contribution in [2.24, 2.45) is 0 Å². The summed E-state index contributed by atoms with van der Waals surface area (Å²) in [6.07, 6.45) is 0. The van der Waals surface area contributed by atoms with Crippen LogP contribution in [0.3, 0.4) is 0 Å². The summed E-state index contributed by atoms with van der Waals surface area (Å²) in [5, 5.41) is 4.25. The number of nitrogens with one attached hydrogen (secondary N) is 1. The lowest BCUT2D eigenvalue weighted by Crippen LogP contribution is -2.30.